The number of carbonyl (C=O) groups is 1. The Bertz CT molecular complexity index is 277. The maximum atomic E-state index is 11.0. The van der Waals surface area contributed by atoms with E-state index in [1.165, 1.54) is 5.56 Å². The zero-order valence-electron chi connectivity index (χ0n) is 8.13. The van der Waals surface area contributed by atoms with Crippen LogP contribution in [0.3, 0.4) is 0 Å². The van der Waals surface area contributed by atoms with E-state index < -0.39 is 0 Å². The van der Waals surface area contributed by atoms with E-state index in [2.05, 4.69) is 24.4 Å². The molecule has 0 bridgehead atoms. The molecule has 0 unspecified atom stereocenters. The molecule has 1 aromatic rings. The summed E-state index contributed by atoms with van der Waals surface area (Å²) in [6.45, 7) is 2.12. The van der Waals surface area contributed by atoms with Crippen molar-refractivity contribution >= 4 is 5.91 Å². The molecule has 0 aliphatic rings. The molecular formula is C11H15NO. The first kappa shape index (κ1) is 9.78. The molecule has 0 fully saturated rings. The van der Waals surface area contributed by atoms with E-state index in [0.717, 1.165) is 12.0 Å². The first-order valence-corrected chi connectivity index (χ1v) is 4.54. The number of benzene rings is 1. The molecule has 2 nitrogen and oxygen atoms in total. The average molecular weight is 177 g/mol. The molecule has 70 valence electrons. The number of nitrogens with one attached hydrogen (secondary N) is 1. The molecule has 0 heterocycles. The maximum absolute atomic E-state index is 11.0. The summed E-state index contributed by atoms with van der Waals surface area (Å²) in [6.07, 6.45) is 1.51. The highest BCUT2D eigenvalue weighted by molar-refractivity contribution is 5.78. The number of likely N-dealkylation sites (N-methyl/N-ethyl adjacent to an activating group) is 1. The lowest BCUT2D eigenvalue weighted by Gasteiger charge is -2.01. The van der Waals surface area contributed by atoms with Gasteiger partial charge in [0.25, 0.3) is 0 Å². The Labute approximate surface area is 79.0 Å². The van der Waals surface area contributed by atoms with Gasteiger partial charge in [-0.2, -0.15) is 0 Å². The van der Waals surface area contributed by atoms with E-state index in [1.807, 2.05) is 12.1 Å². The van der Waals surface area contributed by atoms with Crippen molar-refractivity contribution in [3.63, 3.8) is 0 Å². The molecule has 1 aromatic carbocycles. The fraction of sp³-hybridized carbons (Fsp3) is 0.364. The van der Waals surface area contributed by atoms with Gasteiger partial charge in [-0.1, -0.05) is 31.2 Å². The quantitative estimate of drug-likeness (QED) is 0.745. The second kappa shape index (κ2) is 4.65. The third-order valence-electron chi connectivity index (χ3n) is 2.07. The number of aryl methyl sites for hydroxylation is 1. The number of hydrogen-bond donors (Lipinski definition) is 1. The summed E-state index contributed by atoms with van der Waals surface area (Å²) in [6, 6.07) is 8.15. The van der Waals surface area contributed by atoms with Crippen molar-refractivity contribution in [1.82, 2.24) is 5.32 Å². The van der Waals surface area contributed by atoms with Crippen molar-refractivity contribution in [3.8, 4) is 0 Å². The molecule has 0 aliphatic heterocycles. The average Bonchev–Trinajstić information content (AvgIpc) is 2.19. The van der Waals surface area contributed by atoms with Gasteiger partial charge in [0.2, 0.25) is 5.91 Å². The number of rotatable bonds is 3. The van der Waals surface area contributed by atoms with Gasteiger partial charge in [0, 0.05) is 7.05 Å². The minimum absolute atomic E-state index is 0.0595. The molecule has 13 heavy (non-hydrogen) atoms. The Balaban J connectivity index is 2.64. The molecule has 1 N–H and O–H groups in total. The Kier molecular flexibility index (Phi) is 3.50. The van der Waals surface area contributed by atoms with Crippen LogP contribution in [0.1, 0.15) is 18.1 Å². The van der Waals surface area contributed by atoms with Crippen molar-refractivity contribution in [2.24, 2.45) is 0 Å². The lowest BCUT2D eigenvalue weighted by Crippen LogP contribution is -2.19. The van der Waals surface area contributed by atoms with Crippen molar-refractivity contribution in [2.45, 2.75) is 19.8 Å². The minimum Gasteiger partial charge on any atom is -0.359 e. The van der Waals surface area contributed by atoms with Gasteiger partial charge in [-0.05, 0) is 17.5 Å². The van der Waals surface area contributed by atoms with Crippen LogP contribution in [-0.2, 0) is 17.6 Å². The smallest absolute Gasteiger partial charge is 0.224 e. The summed E-state index contributed by atoms with van der Waals surface area (Å²) in [5, 5.41) is 2.60. The summed E-state index contributed by atoms with van der Waals surface area (Å²) in [5.74, 6) is 0.0595. The van der Waals surface area contributed by atoms with E-state index in [0.29, 0.717) is 6.42 Å². The molecule has 0 aliphatic carbocycles. The van der Waals surface area contributed by atoms with Crippen LogP contribution in [0.2, 0.25) is 0 Å². The highest BCUT2D eigenvalue weighted by Crippen LogP contribution is 2.05. The summed E-state index contributed by atoms with van der Waals surface area (Å²) in [7, 11) is 1.66. The molecule has 0 saturated heterocycles. The number of carbonyl (C=O) groups excluding carboxylic acids is 1. The topological polar surface area (TPSA) is 29.1 Å². The predicted molar refractivity (Wildman–Crippen MR) is 53.6 cm³/mol. The first-order valence-electron chi connectivity index (χ1n) is 4.54. The van der Waals surface area contributed by atoms with Gasteiger partial charge in [-0.25, -0.2) is 0 Å². The number of amides is 1. The van der Waals surface area contributed by atoms with E-state index in [4.69, 9.17) is 0 Å². The molecule has 0 atom stereocenters. The lowest BCUT2D eigenvalue weighted by molar-refractivity contribution is -0.119. The molecule has 0 radical (unpaired) electrons. The van der Waals surface area contributed by atoms with Gasteiger partial charge in [-0.15, -0.1) is 0 Å². The second-order valence-electron chi connectivity index (χ2n) is 3.02. The SMILES string of the molecule is CCc1ccc(CC(=O)NC)cc1. The molecular weight excluding hydrogens is 162 g/mol. The van der Waals surface area contributed by atoms with Crippen LogP contribution in [-0.4, -0.2) is 13.0 Å². The Morgan fingerprint density at radius 1 is 1.23 bits per heavy atom. The largest absolute Gasteiger partial charge is 0.359 e. The van der Waals surface area contributed by atoms with Crippen LogP contribution >= 0.6 is 0 Å². The summed E-state index contributed by atoms with van der Waals surface area (Å²) in [4.78, 5) is 11.0. The van der Waals surface area contributed by atoms with E-state index in [1.54, 1.807) is 7.05 Å². The Hall–Kier alpha value is -1.31. The number of hydrogen-bond acceptors (Lipinski definition) is 1. The standard InChI is InChI=1S/C11H15NO/c1-3-9-4-6-10(7-5-9)8-11(13)12-2/h4-7H,3,8H2,1-2H3,(H,12,13). The summed E-state index contributed by atoms with van der Waals surface area (Å²) in [5.41, 5.74) is 2.37. The van der Waals surface area contributed by atoms with E-state index in [9.17, 15) is 4.79 Å². The Morgan fingerprint density at radius 3 is 2.23 bits per heavy atom. The fourth-order valence-corrected chi connectivity index (χ4v) is 1.17. The lowest BCUT2D eigenvalue weighted by atomic mass is 10.1. The highest BCUT2D eigenvalue weighted by Gasteiger charge is 1.99. The molecule has 1 rings (SSSR count). The van der Waals surface area contributed by atoms with E-state index >= 15 is 0 Å². The van der Waals surface area contributed by atoms with Crippen LogP contribution in [0.4, 0.5) is 0 Å². The van der Waals surface area contributed by atoms with Crippen LogP contribution in [0.25, 0.3) is 0 Å². The maximum Gasteiger partial charge on any atom is 0.224 e. The molecule has 0 spiro atoms. The van der Waals surface area contributed by atoms with Gasteiger partial charge < -0.3 is 5.32 Å². The monoisotopic (exact) mass is 177 g/mol. The molecule has 1 amide bonds. The van der Waals surface area contributed by atoms with Gasteiger partial charge in [-0.3, -0.25) is 4.79 Å². The summed E-state index contributed by atoms with van der Waals surface area (Å²) < 4.78 is 0. The second-order valence-corrected chi connectivity index (χ2v) is 3.02. The minimum atomic E-state index is 0.0595. The molecule has 2 heteroatoms. The van der Waals surface area contributed by atoms with Crippen molar-refractivity contribution in [2.75, 3.05) is 7.05 Å². The highest BCUT2D eigenvalue weighted by atomic mass is 16.1. The molecule has 0 saturated carbocycles. The zero-order valence-corrected chi connectivity index (χ0v) is 8.13. The molecule has 0 aromatic heterocycles. The van der Waals surface area contributed by atoms with Gasteiger partial charge in [0.15, 0.2) is 0 Å². The first-order chi connectivity index (χ1) is 6.26. The third kappa shape index (κ3) is 2.90. The summed E-state index contributed by atoms with van der Waals surface area (Å²) >= 11 is 0. The fourth-order valence-electron chi connectivity index (χ4n) is 1.17. The normalized spacial score (nSPS) is 9.69. The van der Waals surface area contributed by atoms with Crippen LogP contribution in [0.15, 0.2) is 24.3 Å². The Morgan fingerprint density at radius 2 is 1.77 bits per heavy atom. The zero-order chi connectivity index (χ0) is 9.68. The van der Waals surface area contributed by atoms with Gasteiger partial charge in [0.1, 0.15) is 0 Å². The van der Waals surface area contributed by atoms with Crippen molar-refractivity contribution in [1.29, 1.82) is 0 Å². The van der Waals surface area contributed by atoms with Crippen molar-refractivity contribution < 1.29 is 4.79 Å². The van der Waals surface area contributed by atoms with Crippen LogP contribution in [0.5, 0.6) is 0 Å². The van der Waals surface area contributed by atoms with Gasteiger partial charge >= 0.3 is 0 Å². The van der Waals surface area contributed by atoms with Gasteiger partial charge in [0.05, 0.1) is 6.42 Å². The van der Waals surface area contributed by atoms with Crippen molar-refractivity contribution in [3.05, 3.63) is 35.4 Å². The van der Waals surface area contributed by atoms with Crippen LogP contribution < -0.4 is 5.32 Å². The predicted octanol–water partition coefficient (Wildman–Crippen LogP) is 1.54. The van der Waals surface area contributed by atoms with E-state index in [-0.39, 0.29) is 5.91 Å². The third-order valence-corrected chi connectivity index (χ3v) is 2.07. The van der Waals surface area contributed by atoms with Crippen LogP contribution in [0, 0.1) is 0 Å².